The third-order valence-corrected chi connectivity index (χ3v) is 3.62. The molecule has 1 saturated heterocycles. The van der Waals surface area contributed by atoms with Gasteiger partial charge in [0.2, 0.25) is 0 Å². The minimum absolute atomic E-state index is 0.191. The van der Waals surface area contributed by atoms with E-state index < -0.39 is 68.3 Å². The molecule has 11 heteroatoms. The Labute approximate surface area is 131 Å². The minimum Gasteiger partial charge on any atom is -0.394 e. The average Bonchev–Trinajstić information content (AvgIpc) is 2.57. The summed E-state index contributed by atoms with van der Waals surface area (Å²) in [6.07, 6.45) is -12.8. The molecule has 0 aromatic carbocycles. The molecule has 11 nitrogen and oxygen atoms in total. The van der Waals surface area contributed by atoms with Crippen molar-refractivity contribution in [2.45, 2.75) is 55.1 Å². The Balaban J connectivity index is 2.79. The molecule has 23 heavy (non-hydrogen) atoms. The van der Waals surface area contributed by atoms with E-state index in [0.717, 1.165) is 0 Å². The zero-order valence-electron chi connectivity index (χ0n) is 12.1. The largest absolute Gasteiger partial charge is 0.394 e. The fourth-order valence-electron chi connectivity index (χ4n) is 2.11. The lowest BCUT2D eigenvalue weighted by Crippen LogP contribution is -2.61. The maximum atomic E-state index is 10.5. The molecule has 0 saturated carbocycles. The van der Waals surface area contributed by atoms with Crippen LogP contribution >= 0.6 is 0 Å². The summed E-state index contributed by atoms with van der Waals surface area (Å²) in [7, 11) is 0. The number of hydrogen-bond acceptors (Lipinski definition) is 11. The quantitative estimate of drug-likeness (QED) is 0.195. The molecule has 0 amide bonds. The monoisotopic (exact) mass is 341 g/mol. The highest BCUT2D eigenvalue weighted by molar-refractivity contribution is 5.58. The van der Waals surface area contributed by atoms with Crippen LogP contribution in [0, 0.1) is 0 Å². The van der Waals surface area contributed by atoms with Gasteiger partial charge < -0.3 is 55.7 Å². The van der Waals surface area contributed by atoms with E-state index >= 15 is 0 Å². The number of nitrogens with two attached hydrogens (primary N) is 1. The lowest BCUT2D eigenvalue weighted by molar-refractivity contribution is -0.321. The maximum Gasteiger partial charge on any atom is 0.187 e. The fraction of sp³-hybridized carbons (Fsp3) is 0.917. The second kappa shape index (κ2) is 8.94. The Bertz CT molecular complexity index is 370. The van der Waals surface area contributed by atoms with Crippen molar-refractivity contribution < 1.29 is 50.0 Å². The van der Waals surface area contributed by atoms with Crippen LogP contribution in [-0.2, 0) is 14.3 Å². The van der Waals surface area contributed by atoms with Crippen LogP contribution < -0.4 is 5.73 Å². The second-order valence-electron chi connectivity index (χ2n) is 5.25. The van der Waals surface area contributed by atoms with Crippen LogP contribution in [0.4, 0.5) is 0 Å². The van der Waals surface area contributed by atoms with E-state index in [1.165, 1.54) is 0 Å². The van der Waals surface area contributed by atoms with E-state index in [0.29, 0.717) is 0 Å². The maximum absolute atomic E-state index is 10.5. The highest BCUT2D eigenvalue weighted by Crippen LogP contribution is 2.24. The van der Waals surface area contributed by atoms with Crippen LogP contribution in [0.25, 0.3) is 0 Å². The van der Waals surface area contributed by atoms with Gasteiger partial charge >= 0.3 is 0 Å². The molecule has 0 spiro atoms. The van der Waals surface area contributed by atoms with Crippen LogP contribution in [0.1, 0.15) is 0 Å². The van der Waals surface area contributed by atoms with Crippen LogP contribution in [0.2, 0.25) is 0 Å². The van der Waals surface area contributed by atoms with Crippen molar-refractivity contribution in [2.75, 3.05) is 13.2 Å². The smallest absolute Gasteiger partial charge is 0.187 e. The zero-order chi connectivity index (χ0) is 17.7. The molecule has 136 valence electrons. The van der Waals surface area contributed by atoms with Gasteiger partial charge in [0.25, 0.3) is 0 Å². The van der Waals surface area contributed by atoms with E-state index in [-0.39, 0.29) is 6.29 Å². The number of aliphatic hydroxyl groups is 7. The zero-order valence-corrected chi connectivity index (χ0v) is 12.1. The summed E-state index contributed by atoms with van der Waals surface area (Å²) in [6, 6.07) is -1.43. The molecular formula is C12H23NO10. The van der Waals surface area contributed by atoms with Gasteiger partial charge in [0.05, 0.1) is 19.3 Å². The average molecular weight is 341 g/mol. The molecule has 0 bridgehead atoms. The predicted molar refractivity (Wildman–Crippen MR) is 71.8 cm³/mol. The molecule has 1 aliphatic heterocycles. The molecule has 1 heterocycles. The highest BCUT2D eigenvalue weighted by atomic mass is 16.7. The van der Waals surface area contributed by atoms with Crippen molar-refractivity contribution in [3.63, 3.8) is 0 Å². The minimum atomic E-state index is -1.80. The number of hydrogen-bond donors (Lipinski definition) is 8. The molecule has 9 atom stereocenters. The summed E-state index contributed by atoms with van der Waals surface area (Å²) in [6.45, 7) is -1.52. The van der Waals surface area contributed by atoms with Gasteiger partial charge in [-0.15, -0.1) is 0 Å². The first-order valence-corrected chi connectivity index (χ1v) is 6.92. The normalized spacial score (nSPS) is 37.0. The molecule has 1 rings (SSSR count). The van der Waals surface area contributed by atoms with Gasteiger partial charge in [-0.1, -0.05) is 0 Å². The van der Waals surface area contributed by atoms with E-state index in [9.17, 15) is 35.4 Å². The molecule has 1 fully saturated rings. The van der Waals surface area contributed by atoms with Gasteiger partial charge in [0.1, 0.15) is 49.0 Å². The predicted octanol–water partition coefficient (Wildman–Crippen LogP) is -5.59. The van der Waals surface area contributed by atoms with Gasteiger partial charge in [-0.25, -0.2) is 0 Å². The van der Waals surface area contributed by atoms with Crippen LogP contribution in [0.5, 0.6) is 0 Å². The summed E-state index contributed by atoms with van der Waals surface area (Å²) in [5, 5.41) is 66.8. The van der Waals surface area contributed by atoms with Crippen molar-refractivity contribution in [1.82, 2.24) is 0 Å². The first-order chi connectivity index (χ1) is 10.8. The molecule has 0 aliphatic carbocycles. The number of aldehydes is 1. The lowest BCUT2D eigenvalue weighted by atomic mass is 9.98. The van der Waals surface area contributed by atoms with Gasteiger partial charge in [-0.2, -0.15) is 0 Å². The Hall–Kier alpha value is -0.730. The van der Waals surface area contributed by atoms with E-state index in [2.05, 4.69) is 0 Å². The Morgan fingerprint density at radius 1 is 1.09 bits per heavy atom. The number of carbonyl (C=O) groups excluding carboxylic acids is 1. The Morgan fingerprint density at radius 2 is 1.70 bits per heavy atom. The van der Waals surface area contributed by atoms with Crippen LogP contribution in [0.3, 0.4) is 0 Å². The molecular weight excluding hydrogens is 318 g/mol. The summed E-state index contributed by atoms with van der Waals surface area (Å²) in [5.74, 6) is 0. The van der Waals surface area contributed by atoms with Crippen LogP contribution in [-0.4, -0.2) is 110 Å². The number of aliphatic hydroxyl groups excluding tert-OH is 7. The van der Waals surface area contributed by atoms with Crippen LogP contribution in [0.15, 0.2) is 0 Å². The van der Waals surface area contributed by atoms with E-state index in [4.69, 9.17) is 20.3 Å². The Kier molecular flexibility index (Phi) is 7.89. The molecule has 0 aromatic heterocycles. The first kappa shape index (κ1) is 20.3. The Morgan fingerprint density at radius 3 is 2.17 bits per heavy atom. The summed E-state index contributed by atoms with van der Waals surface area (Å²) < 4.78 is 10.1. The van der Waals surface area contributed by atoms with Gasteiger partial charge in [0.15, 0.2) is 6.29 Å². The molecule has 1 aliphatic rings. The summed E-state index contributed by atoms with van der Waals surface area (Å²) >= 11 is 0. The van der Waals surface area contributed by atoms with E-state index in [1.54, 1.807) is 0 Å². The third-order valence-electron chi connectivity index (χ3n) is 3.62. The first-order valence-electron chi connectivity index (χ1n) is 6.92. The fourth-order valence-corrected chi connectivity index (χ4v) is 2.11. The van der Waals surface area contributed by atoms with Gasteiger partial charge in [0, 0.05) is 0 Å². The molecule has 0 aromatic rings. The summed E-state index contributed by atoms with van der Waals surface area (Å²) in [5.41, 5.74) is 5.25. The van der Waals surface area contributed by atoms with Crippen molar-refractivity contribution in [3.8, 4) is 0 Å². The second-order valence-corrected chi connectivity index (χ2v) is 5.25. The standard InChI is InChI=1S/C12H23NO10/c13-4(1-14)7(17)8(18)5(2-15)22-12-11(21)10(20)9(19)6(3-16)23-12/h1,4-12,15-21H,2-3,13H2/t4-,5+,6+,7+,8+,9-,10-,11+,12+/m0/s1. The molecule has 9 N–H and O–H groups in total. The highest BCUT2D eigenvalue weighted by Gasteiger charge is 2.45. The molecule has 0 unspecified atom stereocenters. The van der Waals surface area contributed by atoms with Gasteiger partial charge in [-0.3, -0.25) is 0 Å². The summed E-state index contributed by atoms with van der Waals surface area (Å²) in [4.78, 5) is 10.5. The lowest BCUT2D eigenvalue weighted by Gasteiger charge is -2.41. The van der Waals surface area contributed by atoms with E-state index in [1.807, 2.05) is 0 Å². The van der Waals surface area contributed by atoms with Crippen molar-refractivity contribution in [1.29, 1.82) is 0 Å². The number of rotatable bonds is 8. The topological polar surface area (TPSA) is 203 Å². The van der Waals surface area contributed by atoms with Gasteiger partial charge in [-0.05, 0) is 0 Å². The number of ether oxygens (including phenoxy) is 2. The van der Waals surface area contributed by atoms with Crippen molar-refractivity contribution >= 4 is 6.29 Å². The number of carbonyl (C=O) groups is 1. The SMILES string of the molecule is N[C@@H](C=O)[C@@H](O)[C@H](O)[C@@H](CO)O[C@@H]1O[C@H](CO)[C@H](O)[C@H](O)[C@H]1O. The molecule has 0 radical (unpaired) electrons. The van der Waals surface area contributed by atoms with Crippen molar-refractivity contribution in [3.05, 3.63) is 0 Å². The van der Waals surface area contributed by atoms with Crippen molar-refractivity contribution in [2.24, 2.45) is 5.73 Å². The third kappa shape index (κ3) is 4.64.